The Labute approximate surface area is 68.0 Å². The predicted octanol–water partition coefficient (Wildman–Crippen LogP) is 0.153. The smallest absolute Gasteiger partial charge is 0.0795 e. The van der Waals surface area contributed by atoms with Gasteiger partial charge in [-0.3, -0.25) is 0 Å². The first-order valence-electron chi connectivity index (χ1n) is 2.96. The maximum Gasteiger partial charge on any atom is 0.0795 e. The molecular formula is C6H16ClNO2. The molecule has 0 fully saturated rings. The van der Waals surface area contributed by atoms with Gasteiger partial charge < -0.3 is 15.6 Å². The number of rotatable bonds is 3. The summed E-state index contributed by atoms with van der Waals surface area (Å²) in [6, 6.07) is -0.303. The van der Waals surface area contributed by atoms with Gasteiger partial charge in [0.15, 0.2) is 0 Å². The summed E-state index contributed by atoms with van der Waals surface area (Å²) in [7, 11) is 1.58. The van der Waals surface area contributed by atoms with Gasteiger partial charge in [-0.1, -0.05) is 0 Å². The first kappa shape index (κ1) is 12.8. The van der Waals surface area contributed by atoms with E-state index < -0.39 is 5.60 Å². The summed E-state index contributed by atoms with van der Waals surface area (Å²) < 4.78 is 5.01. The maximum absolute atomic E-state index is 8.60. The molecule has 0 aliphatic heterocycles. The van der Waals surface area contributed by atoms with Crippen molar-refractivity contribution in [3.8, 4) is 0 Å². The summed E-state index contributed by atoms with van der Waals surface area (Å²) in [6.07, 6.45) is 0. The van der Waals surface area contributed by atoms with E-state index in [0.29, 0.717) is 0 Å². The number of methoxy groups -OCH3 is 1. The normalized spacial score (nSPS) is 14.1. The number of hydrogen-bond donors (Lipinski definition) is 2. The Morgan fingerprint density at radius 1 is 1.60 bits per heavy atom. The third kappa shape index (κ3) is 3.37. The van der Waals surface area contributed by atoms with Crippen LogP contribution in [-0.2, 0) is 4.74 Å². The van der Waals surface area contributed by atoms with Crippen LogP contribution in [0.5, 0.6) is 0 Å². The lowest BCUT2D eigenvalue weighted by atomic mass is 10.0. The number of nitrogens with two attached hydrogens (primary N) is 1. The minimum absolute atomic E-state index is 0. The van der Waals surface area contributed by atoms with Crippen LogP contribution in [0.1, 0.15) is 13.8 Å². The van der Waals surface area contributed by atoms with Crippen molar-refractivity contribution in [3.05, 3.63) is 0 Å². The molecule has 0 spiro atoms. The van der Waals surface area contributed by atoms with Crippen LogP contribution in [0.25, 0.3) is 0 Å². The number of hydrogen-bond acceptors (Lipinski definition) is 3. The topological polar surface area (TPSA) is 55.5 Å². The quantitative estimate of drug-likeness (QED) is 0.633. The van der Waals surface area contributed by atoms with Crippen LogP contribution in [0.4, 0.5) is 0 Å². The van der Waals surface area contributed by atoms with Gasteiger partial charge in [0.25, 0.3) is 0 Å². The van der Waals surface area contributed by atoms with Gasteiger partial charge in [0, 0.05) is 7.11 Å². The first-order chi connectivity index (χ1) is 4.04. The van der Waals surface area contributed by atoms with E-state index in [0.717, 1.165) is 0 Å². The van der Waals surface area contributed by atoms with E-state index in [9.17, 15) is 0 Å². The van der Waals surface area contributed by atoms with Crippen molar-refractivity contribution < 1.29 is 9.84 Å². The van der Waals surface area contributed by atoms with Gasteiger partial charge in [-0.15, -0.1) is 12.4 Å². The fourth-order valence-corrected chi connectivity index (χ4v) is 0.371. The molecule has 0 bridgehead atoms. The molecule has 0 saturated carbocycles. The summed E-state index contributed by atoms with van der Waals surface area (Å²) in [5.41, 5.74) is 5.06. The van der Waals surface area contributed by atoms with Crippen molar-refractivity contribution in [1.82, 2.24) is 0 Å². The molecule has 64 valence electrons. The zero-order valence-corrected chi connectivity index (χ0v) is 7.44. The molecule has 3 N–H and O–H groups in total. The molecule has 0 aromatic heterocycles. The van der Waals surface area contributed by atoms with Crippen LogP contribution in [0.2, 0.25) is 0 Å². The number of halogens is 1. The molecule has 0 aliphatic carbocycles. The third-order valence-electron chi connectivity index (χ3n) is 1.62. The fourth-order valence-electron chi connectivity index (χ4n) is 0.371. The highest BCUT2D eigenvalue weighted by Gasteiger charge is 2.24. The number of ether oxygens (including phenoxy) is 1. The molecule has 0 radical (unpaired) electrons. The largest absolute Gasteiger partial charge is 0.395 e. The van der Waals surface area contributed by atoms with Gasteiger partial charge in [-0.25, -0.2) is 0 Å². The van der Waals surface area contributed by atoms with Crippen molar-refractivity contribution in [2.24, 2.45) is 5.73 Å². The average Bonchev–Trinajstić information content (AvgIpc) is 1.86. The fraction of sp³-hybridized carbons (Fsp3) is 1.00. The Kier molecular flexibility index (Phi) is 6.29. The molecule has 0 heterocycles. The standard InChI is InChI=1S/C6H15NO2.ClH/c1-6(2,9-3)5(7)4-8;/h5,8H,4,7H2,1-3H3;1H/t5-;/m0./s1. The average molecular weight is 170 g/mol. The van der Waals surface area contributed by atoms with E-state index in [1.807, 2.05) is 13.8 Å². The Bertz CT molecular complexity index is 87.8. The van der Waals surface area contributed by atoms with E-state index in [2.05, 4.69) is 0 Å². The van der Waals surface area contributed by atoms with Gasteiger partial charge in [0.05, 0.1) is 18.2 Å². The molecule has 0 amide bonds. The van der Waals surface area contributed by atoms with E-state index in [1.165, 1.54) is 0 Å². The van der Waals surface area contributed by atoms with Crippen molar-refractivity contribution in [2.45, 2.75) is 25.5 Å². The number of aliphatic hydroxyl groups excluding tert-OH is 1. The molecule has 0 aromatic rings. The van der Waals surface area contributed by atoms with Crippen LogP contribution < -0.4 is 5.73 Å². The van der Waals surface area contributed by atoms with E-state index in [1.54, 1.807) is 7.11 Å². The third-order valence-corrected chi connectivity index (χ3v) is 1.62. The van der Waals surface area contributed by atoms with E-state index in [-0.39, 0.29) is 25.1 Å². The second-order valence-electron chi connectivity index (χ2n) is 2.60. The van der Waals surface area contributed by atoms with Crippen LogP contribution >= 0.6 is 12.4 Å². The molecule has 1 atom stereocenters. The first-order valence-corrected chi connectivity index (χ1v) is 2.96. The molecule has 10 heavy (non-hydrogen) atoms. The Morgan fingerprint density at radius 3 is 2.10 bits per heavy atom. The Morgan fingerprint density at radius 2 is 2.00 bits per heavy atom. The molecule has 0 rings (SSSR count). The summed E-state index contributed by atoms with van der Waals surface area (Å²) >= 11 is 0. The maximum atomic E-state index is 8.60. The van der Waals surface area contributed by atoms with Crippen LogP contribution in [0.3, 0.4) is 0 Å². The van der Waals surface area contributed by atoms with Gasteiger partial charge >= 0.3 is 0 Å². The van der Waals surface area contributed by atoms with Crippen molar-refractivity contribution >= 4 is 12.4 Å². The van der Waals surface area contributed by atoms with Gasteiger partial charge in [0.1, 0.15) is 0 Å². The minimum atomic E-state index is -0.422. The minimum Gasteiger partial charge on any atom is -0.395 e. The monoisotopic (exact) mass is 169 g/mol. The molecule has 0 aromatic carbocycles. The van der Waals surface area contributed by atoms with Crippen molar-refractivity contribution in [3.63, 3.8) is 0 Å². The van der Waals surface area contributed by atoms with Gasteiger partial charge in [-0.05, 0) is 13.8 Å². The lowest BCUT2D eigenvalue weighted by molar-refractivity contribution is -0.0138. The summed E-state index contributed by atoms with van der Waals surface area (Å²) in [6.45, 7) is 3.64. The lowest BCUT2D eigenvalue weighted by Gasteiger charge is -2.28. The predicted molar refractivity (Wildman–Crippen MR) is 43.4 cm³/mol. The van der Waals surface area contributed by atoms with E-state index in [4.69, 9.17) is 15.6 Å². The highest BCUT2D eigenvalue weighted by Crippen LogP contribution is 2.10. The lowest BCUT2D eigenvalue weighted by Crippen LogP contribution is -2.47. The molecule has 3 nitrogen and oxygen atoms in total. The molecule has 0 aliphatic rings. The highest BCUT2D eigenvalue weighted by atomic mass is 35.5. The zero-order valence-electron chi connectivity index (χ0n) is 6.63. The van der Waals surface area contributed by atoms with Crippen LogP contribution in [-0.4, -0.2) is 30.5 Å². The van der Waals surface area contributed by atoms with Crippen molar-refractivity contribution in [1.29, 1.82) is 0 Å². The van der Waals surface area contributed by atoms with E-state index >= 15 is 0 Å². The van der Waals surface area contributed by atoms with Crippen LogP contribution in [0.15, 0.2) is 0 Å². The SMILES string of the molecule is COC(C)(C)[C@@H](N)CO.Cl. The molecular weight excluding hydrogens is 154 g/mol. The second-order valence-corrected chi connectivity index (χ2v) is 2.60. The molecule has 0 unspecified atom stereocenters. The van der Waals surface area contributed by atoms with Gasteiger partial charge in [0.2, 0.25) is 0 Å². The molecule has 4 heteroatoms. The summed E-state index contributed by atoms with van der Waals surface area (Å²) in [4.78, 5) is 0. The zero-order chi connectivity index (χ0) is 7.49. The van der Waals surface area contributed by atoms with Crippen LogP contribution in [0, 0.1) is 0 Å². The van der Waals surface area contributed by atoms with Gasteiger partial charge in [-0.2, -0.15) is 0 Å². The summed E-state index contributed by atoms with van der Waals surface area (Å²) in [5, 5.41) is 8.60. The summed E-state index contributed by atoms with van der Waals surface area (Å²) in [5.74, 6) is 0. The number of aliphatic hydroxyl groups is 1. The highest BCUT2D eigenvalue weighted by molar-refractivity contribution is 5.85. The van der Waals surface area contributed by atoms with Crippen molar-refractivity contribution in [2.75, 3.05) is 13.7 Å². The second kappa shape index (κ2) is 4.91. The Balaban J connectivity index is 0. The molecule has 0 saturated heterocycles. The Hall–Kier alpha value is 0.170.